The molecule has 1 atom stereocenters. The quantitative estimate of drug-likeness (QED) is 0.649. The maximum atomic E-state index is 13.6. The second kappa shape index (κ2) is 9.88. The predicted octanol–water partition coefficient (Wildman–Crippen LogP) is 4.14. The van der Waals surface area contributed by atoms with Crippen LogP contribution in [0.1, 0.15) is 30.4 Å². The molecule has 2 aliphatic rings. The summed E-state index contributed by atoms with van der Waals surface area (Å²) < 4.78 is 25.0. The lowest BCUT2D eigenvalue weighted by Crippen LogP contribution is -2.48. The standard InChI is InChI=1S/C24H28ClFN2O3/c1-16-3-5-20(15-21(16)26)30-12-2-9-28-10-7-19(8-11-28)27-24(29)23-14-17-13-18(25)4-6-22(17)31-23/h3-6,13,15,19,23H,2,7-12,14H2,1H3,(H,27,29). The van der Waals surface area contributed by atoms with Crippen LogP contribution in [0.2, 0.25) is 5.02 Å². The molecule has 0 bridgehead atoms. The van der Waals surface area contributed by atoms with Crippen LogP contribution in [0, 0.1) is 12.7 Å². The molecule has 1 N–H and O–H groups in total. The number of aryl methyl sites for hydroxylation is 1. The van der Waals surface area contributed by atoms with E-state index in [0.717, 1.165) is 50.2 Å². The van der Waals surface area contributed by atoms with Crippen molar-refractivity contribution in [2.45, 2.75) is 44.8 Å². The Morgan fingerprint density at radius 2 is 2.06 bits per heavy atom. The number of rotatable bonds is 7. The minimum Gasteiger partial charge on any atom is -0.493 e. The average molecular weight is 447 g/mol. The van der Waals surface area contributed by atoms with Gasteiger partial charge in [-0.15, -0.1) is 0 Å². The zero-order chi connectivity index (χ0) is 21.8. The zero-order valence-corrected chi connectivity index (χ0v) is 18.5. The van der Waals surface area contributed by atoms with Gasteiger partial charge in [-0.25, -0.2) is 4.39 Å². The van der Waals surface area contributed by atoms with Gasteiger partial charge in [-0.3, -0.25) is 4.79 Å². The van der Waals surface area contributed by atoms with Gasteiger partial charge >= 0.3 is 0 Å². The highest BCUT2D eigenvalue weighted by Gasteiger charge is 2.31. The Bertz CT molecular complexity index is 931. The topological polar surface area (TPSA) is 50.8 Å². The average Bonchev–Trinajstić information content (AvgIpc) is 3.18. The van der Waals surface area contributed by atoms with E-state index in [9.17, 15) is 9.18 Å². The summed E-state index contributed by atoms with van der Waals surface area (Å²) in [5.41, 5.74) is 1.61. The number of benzene rings is 2. The molecule has 7 heteroatoms. The Kier molecular flexibility index (Phi) is 6.98. The summed E-state index contributed by atoms with van der Waals surface area (Å²) in [4.78, 5) is 15.0. The first kappa shape index (κ1) is 21.9. The third-order valence-corrected chi connectivity index (χ3v) is 6.19. The number of carbonyl (C=O) groups is 1. The maximum Gasteiger partial charge on any atom is 0.261 e. The number of halogens is 2. The van der Waals surface area contributed by atoms with Crippen molar-refractivity contribution in [3.63, 3.8) is 0 Å². The van der Waals surface area contributed by atoms with Crippen molar-refractivity contribution < 1.29 is 18.7 Å². The summed E-state index contributed by atoms with van der Waals surface area (Å²) in [5.74, 6) is 1.03. The summed E-state index contributed by atoms with van der Waals surface area (Å²) >= 11 is 6.02. The van der Waals surface area contributed by atoms with Crippen LogP contribution in [0.25, 0.3) is 0 Å². The van der Waals surface area contributed by atoms with Gasteiger partial charge in [0, 0.05) is 43.2 Å². The van der Waals surface area contributed by atoms with Crippen molar-refractivity contribution in [3.05, 3.63) is 58.4 Å². The minimum absolute atomic E-state index is 0.0514. The van der Waals surface area contributed by atoms with E-state index in [1.165, 1.54) is 6.07 Å². The van der Waals surface area contributed by atoms with E-state index >= 15 is 0 Å². The molecule has 31 heavy (non-hydrogen) atoms. The molecule has 1 amide bonds. The van der Waals surface area contributed by atoms with Crippen molar-refractivity contribution in [1.82, 2.24) is 10.2 Å². The number of hydrogen-bond acceptors (Lipinski definition) is 4. The van der Waals surface area contributed by atoms with Gasteiger partial charge in [0.15, 0.2) is 6.10 Å². The molecule has 1 fully saturated rings. The lowest BCUT2D eigenvalue weighted by atomic mass is 10.0. The van der Waals surface area contributed by atoms with Crippen molar-refractivity contribution in [2.24, 2.45) is 0 Å². The predicted molar refractivity (Wildman–Crippen MR) is 118 cm³/mol. The number of ether oxygens (including phenoxy) is 2. The number of nitrogens with one attached hydrogen (secondary N) is 1. The van der Waals surface area contributed by atoms with Crippen LogP contribution in [0.5, 0.6) is 11.5 Å². The molecule has 1 saturated heterocycles. The number of nitrogens with zero attached hydrogens (tertiary/aromatic N) is 1. The SMILES string of the molecule is Cc1ccc(OCCCN2CCC(NC(=O)C3Cc4cc(Cl)ccc4O3)CC2)cc1F. The highest BCUT2D eigenvalue weighted by molar-refractivity contribution is 6.30. The molecular formula is C24H28ClFN2O3. The molecular weight excluding hydrogens is 419 g/mol. The lowest BCUT2D eigenvalue weighted by Gasteiger charge is -2.32. The van der Waals surface area contributed by atoms with Gasteiger partial charge < -0.3 is 19.7 Å². The van der Waals surface area contributed by atoms with Crippen LogP contribution in [-0.4, -0.2) is 49.2 Å². The summed E-state index contributed by atoms with van der Waals surface area (Å²) in [5, 5.41) is 3.81. The van der Waals surface area contributed by atoms with E-state index < -0.39 is 6.10 Å². The Labute approximate surface area is 187 Å². The Balaban J connectivity index is 1.13. The first-order chi connectivity index (χ1) is 15.0. The van der Waals surface area contributed by atoms with Gasteiger partial charge in [-0.05, 0) is 61.6 Å². The first-order valence-corrected chi connectivity index (χ1v) is 11.2. The molecule has 0 aliphatic carbocycles. The Morgan fingerprint density at radius 1 is 1.26 bits per heavy atom. The Morgan fingerprint density at radius 3 is 2.84 bits per heavy atom. The summed E-state index contributed by atoms with van der Waals surface area (Å²) in [6.45, 7) is 5.09. The van der Waals surface area contributed by atoms with Gasteiger partial charge in [0.2, 0.25) is 0 Å². The molecule has 1 unspecified atom stereocenters. The van der Waals surface area contributed by atoms with Gasteiger partial charge in [-0.2, -0.15) is 0 Å². The fourth-order valence-corrected chi connectivity index (χ4v) is 4.29. The van der Waals surface area contributed by atoms with E-state index in [0.29, 0.717) is 29.4 Å². The van der Waals surface area contributed by atoms with Crippen molar-refractivity contribution in [2.75, 3.05) is 26.2 Å². The molecule has 0 aromatic heterocycles. The largest absolute Gasteiger partial charge is 0.493 e. The minimum atomic E-state index is -0.477. The van der Waals surface area contributed by atoms with E-state index in [1.807, 2.05) is 12.1 Å². The summed E-state index contributed by atoms with van der Waals surface area (Å²) in [6, 6.07) is 10.6. The van der Waals surface area contributed by atoms with Gasteiger partial charge in [0.05, 0.1) is 6.61 Å². The third kappa shape index (κ3) is 5.69. The van der Waals surface area contributed by atoms with Crippen molar-refractivity contribution >= 4 is 17.5 Å². The van der Waals surface area contributed by atoms with Gasteiger partial charge in [0.1, 0.15) is 17.3 Å². The molecule has 0 radical (unpaired) electrons. The van der Waals surface area contributed by atoms with Crippen LogP contribution in [0.4, 0.5) is 4.39 Å². The number of likely N-dealkylation sites (tertiary alicyclic amines) is 1. The normalized spacial score (nSPS) is 19.0. The highest BCUT2D eigenvalue weighted by atomic mass is 35.5. The second-order valence-corrected chi connectivity index (χ2v) is 8.74. The monoisotopic (exact) mass is 446 g/mol. The molecule has 2 heterocycles. The maximum absolute atomic E-state index is 13.6. The molecule has 166 valence electrons. The van der Waals surface area contributed by atoms with Gasteiger partial charge in [0.25, 0.3) is 5.91 Å². The fourth-order valence-electron chi connectivity index (χ4n) is 4.10. The van der Waals surface area contributed by atoms with E-state index in [2.05, 4.69) is 10.2 Å². The third-order valence-electron chi connectivity index (χ3n) is 5.95. The summed E-state index contributed by atoms with van der Waals surface area (Å²) in [7, 11) is 0. The second-order valence-electron chi connectivity index (χ2n) is 8.30. The lowest BCUT2D eigenvalue weighted by molar-refractivity contribution is -0.128. The molecule has 0 spiro atoms. The zero-order valence-electron chi connectivity index (χ0n) is 17.7. The van der Waals surface area contributed by atoms with Crippen LogP contribution in [0.15, 0.2) is 36.4 Å². The fraction of sp³-hybridized carbons (Fsp3) is 0.458. The molecule has 0 saturated carbocycles. The smallest absolute Gasteiger partial charge is 0.261 e. The molecule has 5 nitrogen and oxygen atoms in total. The Hall–Kier alpha value is -2.31. The first-order valence-electron chi connectivity index (χ1n) is 10.8. The van der Waals surface area contributed by atoms with Crippen LogP contribution < -0.4 is 14.8 Å². The van der Waals surface area contributed by atoms with E-state index in [-0.39, 0.29) is 17.8 Å². The van der Waals surface area contributed by atoms with E-state index in [4.69, 9.17) is 21.1 Å². The van der Waals surface area contributed by atoms with Crippen LogP contribution in [-0.2, 0) is 11.2 Å². The van der Waals surface area contributed by atoms with Crippen molar-refractivity contribution in [3.8, 4) is 11.5 Å². The van der Waals surface area contributed by atoms with E-state index in [1.54, 1.807) is 25.1 Å². The molecule has 2 aliphatic heterocycles. The highest BCUT2D eigenvalue weighted by Crippen LogP contribution is 2.31. The number of hydrogen-bond donors (Lipinski definition) is 1. The van der Waals surface area contributed by atoms with Crippen LogP contribution in [0.3, 0.4) is 0 Å². The number of amides is 1. The molecule has 2 aromatic rings. The number of fused-ring (bicyclic) bond motifs is 1. The van der Waals surface area contributed by atoms with Crippen molar-refractivity contribution in [1.29, 1.82) is 0 Å². The molecule has 2 aromatic carbocycles. The number of piperidine rings is 1. The van der Waals surface area contributed by atoms with Gasteiger partial charge in [-0.1, -0.05) is 17.7 Å². The van der Waals surface area contributed by atoms with Crippen LogP contribution >= 0.6 is 11.6 Å². The number of carbonyl (C=O) groups excluding carboxylic acids is 1. The summed E-state index contributed by atoms with van der Waals surface area (Å²) in [6.07, 6.45) is 2.80. The molecule has 4 rings (SSSR count).